The summed E-state index contributed by atoms with van der Waals surface area (Å²) in [6.45, 7) is 17.7. The highest BCUT2D eigenvalue weighted by Gasteiger charge is 2.64. The van der Waals surface area contributed by atoms with Crippen molar-refractivity contribution in [2.24, 2.45) is 17.3 Å². The van der Waals surface area contributed by atoms with Crippen LogP contribution >= 0.6 is 15.9 Å². The zero-order valence-corrected chi connectivity index (χ0v) is 23.1. The molecule has 180 valence electrons. The van der Waals surface area contributed by atoms with Gasteiger partial charge in [-0.25, -0.2) is 8.93 Å². The lowest BCUT2D eigenvalue weighted by Gasteiger charge is -2.54. The van der Waals surface area contributed by atoms with Crippen molar-refractivity contribution in [3.05, 3.63) is 46.1 Å². The van der Waals surface area contributed by atoms with Gasteiger partial charge in [-0.3, -0.25) is 0 Å². The van der Waals surface area contributed by atoms with E-state index in [4.69, 9.17) is 9.47 Å². The maximum absolute atomic E-state index is 13.8. The summed E-state index contributed by atoms with van der Waals surface area (Å²) in [5.41, 5.74) is 1.49. The summed E-state index contributed by atoms with van der Waals surface area (Å²) in [7, 11) is 0.523. The van der Waals surface area contributed by atoms with Crippen LogP contribution in [0.1, 0.15) is 71.9 Å². The van der Waals surface area contributed by atoms with Gasteiger partial charge in [-0.15, -0.1) is 0 Å². The second kappa shape index (κ2) is 9.52. The van der Waals surface area contributed by atoms with Crippen LogP contribution in [0.25, 0.3) is 0 Å². The van der Waals surface area contributed by atoms with Crippen LogP contribution in [-0.2, 0) is 32.4 Å². The number of ether oxygens (including phenoxy) is 2. The molecule has 32 heavy (non-hydrogen) atoms. The number of fused-ring (bicyclic) bond motifs is 1. The molecule has 0 heterocycles. The SMILES string of the molecule is C=C(OCC)[C@]1(N[S@](=O)C(C)(C)CC)c2cc(Br)ccc2CC12C[C@@H](C)C(OC)[C@@H](C)C2. The van der Waals surface area contributed by atoms with E-state index < -0.39 is 16.5 Å². The summed E-state index contributed by atoms with van der Waals surface area (Å²) in [6.07, 6.45) is 3.83. The van der Waals surface area contributed by atoms with Gasteiger partial charge in [-0.2, -0.15) is 0 Å². The van der Waals surface area contributed by atoms with E-state index in [9.17, 15) is 4.21 Å². The predicted molar refractivity (Wildman–Crippen MR) is 137 cm³/mol. The highest BCUT2D eigenvalue weighted by Crippen LogP contribution is 2.63. The summed E-state index contributed by atoms with van der Waals surface area (Å²) >= 11 is 3.69. The average Bonchev–Trinajstić information content (AvgIpc) is 2.97. The van der Waals surface area contributed by atoms with Gasteiger partial charge in [-0.05, 0) is 81.5 Å². The Hall–Kier alpha value is -0.690. The zero-order valence-electron chi connectivity index (χ0n) is 20.7. The number of nitrogens with one attached hydrogen (secondary N) is 1. The Bertz CT molecular complexity index is 874. The van der Waals surface area contributed by atoms with Crippen LogP contribution in [0.5, 0.6) is 0 Å². The molecule has 6 atom stereocenters. The maximum Gasteiger partial charge on any atom is 0.118 e. The van der Waals surface area contributed by atoms with E-state index in [0.29, 0.717) is 24.2 Å². The van der Waals surface area contributed by atoms with Crippen molar-refractivity contribution in [1.29, 1.82) is 0 Å². The molecule has 3 rings (SSSR count). The fourth-order valence-corrected chi connectivity index (χ4v) is 7.83. The fraction of sp³-hybridized carbons (Fsp3) is 0.692. The Labute approximate surface area is 205 Å². The molecule has 1 fully saturated rings. The molecule has 0 aliphatic heterocycles. The standard InChI is InChI=1S/C26H40BrNO3S/c1-9-24(6,7)32(29)28-26(19(5)31-10-2)22-13-21(27)12-11-20(22)16-25(26)14-17(3)23(30-8)18(4)15-25/h11-13,17-18,23,28H,5,9-10,14-16H2,1-4,6-8H3/t17-,18+,23?,25?,26-,32+/m0/s1. The number of methoxy groups -OCH3 is 1. The van der Waals surface area contributed by atoms with Gasteiger partial charge in [0.25, 0.3) is 0 Å². The number of halogens is 1. The van der Waals surface area contributed by atoms with E-state index in [1.54, 1.807) is 0 Å². The molecule has 0 amide bonds. The van der Waals surface area contributed by atoms with E-state index >= 15 is 0 Å². The summed E-state index contributed by atoms with van der Waals surface area (Å²) in [6, 6.07) is 6.48. The number of hydrogen-bond donors (Lipinski definition) is 1. The number of benzene rings is 1. The van der Waals surface area contributed by atoms with Gasteiger partial charge < -0.3 is 9.47 Å². The van der Waals surface area contributed by atoms with Crippen molar-refractivity contribution < 1.29 is 13.7 Å². The molecule has 2 aliphatic carbocycles. The Kier molecular flexibility index (Phi) is 7.71. The quantitative estimate of drug-likeness (QED) is 0.407. The van der Waals surface area contributed by atoms with Crippen LogP contribution in [0.3, 0.4) is 0 Å². The maximum atomic E-state index is 13.8. The minimum atomic E-state index is -1.30. The molecule has 1 saturated carbocycles. The van der Waals surface area contributed by atoms with E-state index in [2.05, 4.69) is 80.0 Å². The topological polar surface area (TPSA) is 47.6 Å². The van der Waals surface area contributed by atoms with Crippen molar-refractivity contribution in [2.75, 3.05) is 13.7 Å². The molecular weight excluding hydrogens is 486 g/mol. The Morgan fingerprint density at radius 1 is 1.28 bits per heavy atom. The number of hydrogen-bond acceptors (Lipinski definition) is 3. The molecule has 0 radical (unpaired) electrons. The van der Waals surface area contributed by atoms with Crippen LogP contribution in [0.15, 0.2) is 35.0 Å². The zero-order chi connectivity index (χ0) is 23.9. The van der Waals surface area contributed by atoms with Gasteiger partial charge in [0, 0.05) is 17.0 Å². The molecule has 0 saturated heterocycles. The van der Waals surface area contributed by atoms with E-state index in [0.717, 1.165) is 35.7 Å². The van der Waals surface area contributed by atoms with Crippen LogP contribution < -0.4 is 4.72 Å². The molecule has 1 N–H and O–H groups in total. The van der Waals surface area contributed by atoms with Gasteiger partial charge in [0.1, 0.15) is 11.3 Å². The molecule has 2 unspecified atom stereocenters. The lowest BCUT2D eigenvalue weighted by Crippen LogP contribution is -2.61. The molecular formula is C26H40BrNO3S. The van der Waals surface area contributed by atoms with Crippen molar-refractivity contribution in [1.82, 2.24) is 4.72 Å². The molecule has 4 nitrogen and oxygen atoms in total. The van der Waals surface area contributed by atoms with Crippen molar-refractivity contribution in [3.8, 4) is 0 Å². The van der Waals surface area contributed by atoms with Crippen LogP contribution in [0, 0.1) is 17.3 Å². The molecule has 0 bridgehead atoms. The summed E-state index contributed by atoms with van der Waals surface area (Å²) in [5.74, 6) is 1.40. The predicted octanol–water partition coefficient (Wildman–Crippen LogP) is 6.26. The van der Waals surface area contributed by atoms with Crippen molar-refractivity contribution in [2.45, 2.75) is 83.6 Å². The molecule has 0 aromatic heterocycles. The first kappa shape index (κ1) is 25.9. The molecule has 2 aliphatic rings. The normalized spacial score (nSPS) is 33.2. The Balaban J connectivity index is 2.26. The lowest BCUT2D eigenvalue weighted by atomic mass is 9.56. The van der Waals surface area contributed by atoms with E-state index in [1.165, 1.54) is 5.56 Å². The first-order valence-corrected chi connectivity index (χ1v) is 13.8. The van der Waals surface area contributed by atoms with Gasteiger partial charge in [0.2, 0.25) is 0 Å². The Morgan fingerprint density at radius 3 is 2.44 bits per heavy atom. The third kappa shape index (κ3) is 4.14. The fourth-order valence-electron chi connectivity index (χ4n) is 6.22. The largest absolute Gasteiger partial charge is 0.496 e. The number of rotatable bonds is 8. The summed E-state index contributed by atoms with van der Waals surface area (Å²) < 4.78 is 30.2. The molecule has 1 spiro atoms. The van der Waals surface area contributed by atoms with Gasteiger partial charge >= 0.3 is 0 Å². The van der Waals surface area contributed by atoms with Gasteiger partial charge in [0.05, 0.1) is 28.4 Å². The van der Waals surface area contributed by atoms with Crippen LogP contribution in [-0.4, -0.2) is 28.8 Å². The monoisotopic (exact) mass is 525 g/mol. The lowest BCUT2D eigenvalue weighted by molar-refractivity contribution is -0.0800. The first-order valence-electron chi connectivity index (χ1n) is 11.8. The minimum Gasteiger partial charge on any atom is -0.496 e. The summed E-state index contributed by atoms with van der Waals surface area (Å²) in [4.78, 5) is 0. The molecule has 1 aromatic carbocycles. The molecule has 6 heteroatoms. The van der Waals surface area contributed by atoms with E-state index in [1.807, 2.05) is 14.0 Å². The Morgan fingerprint density at radius 2 is 1.91 bits per heavy atom. The van der Waals surface area contributed by atoms with Crippen LogP contribution in [0.2, 0.25) is 0 Å². The van der Waals surface area contributed by atoms with Gasteiger partial charge in [0.15, 0.2) is 0 Å². The van der Waals surface area contributed by atoms with Gasteiger partial charge in [-0.1, -0.05) is 49.3 Å². The third-order valence-corrected chi connectivity index (χ3v) is 10.2. The van der Waals surface area contributed by atoms with Crippen LogP contribution in [0.4, 0.5) is 0 Å². The highest BCUT2D eigenvalue weighted by molar-refractivity contribution is 9.10. The third-order valence-electron chi connectivity index (χ3n) is 7.96. The minimum absolute atomic E-state index is 0.199. The second-order valence-electron chi connectivity index (χ2n) is 10.4. The van der Waals surface area contributed by atoms with Crippen molar-refractivity contribution in [3.63, 3.8) is 0 Å². The summed E-state index contributed by atoms with van der Waals surface area (Å²) in [5, 5.41) is 0. The molecule has 1 aromatic rings. The average molecular weight is 527 g/mol. The van der Waals surface area contributed by atoms with Crippen molar-refractivity contribution >= 4 is 26.9 Å². The smallest absolute Gasteiger partial charge is 0.118 e. The first-order chi connectivity index (χ1) is 15.0. The second-order valence-corrected chi connectivity index (χ2v) is 13.2. The van der Waals surface area contributed by atoms with E-state index in [-0.39, 0.29) is 16.3 Å². The highest BCUT2D eigenvalue weighted by atomic mass is 79.9.